The molecular formula is C14H19ClN4O. The Balaban J connectivity index is 0.00000147. The van der Waals surface area contributed by atoms with Crippen LogP contribution in [0.1, 0.15) is 18.5 Å². The van der Waals surface area contributed by atoms with Gasteiger partial charge in [0.15, 0.2) is 0 Å². The van der Waals surface area contributed by atoms with Gasteiger partial charge in [0.1, 0.15) is 5.65 Å². The van der Waals surface area contributed by atoms with Crippen LogP contribution in [0.3, 0.4) is 0 Å². The Morgan fingerprint density at radius 3 is 3.15 bits per heavy atom. The van der Waals surface area contributed by atoms with Crippen LogP contribution in [-0.2, 0) is 11.2 Å². The summed E-state index contributed by atoms with van der Waals surface area (Å²) in [6.45, 7) is 1.59. The summed E-state index contributed by atoms with van der Waals surface area (Å²) < 4.78 is 2.00. The average molecular weight is 295 g/mol. The fourth-order valence-corrected chi connectivity index (χ4v) is 2.45. The highest BCUT2D eigenvalue weighted by molar-refractivity contribution is 5.85. The summed E-state index contributed by atoms with van der Waals surface area (Å²) in [5.74, 6) is 0.112. The Labute approximate surface area is 124 Å². The van der Waals surface area contributed by atoms with Gasteiger partial charge < -0.3 is 15.0 Å². The largest absolute Gasteiger partial charge is 0.354 e. The molecule has 1 amide bonds. The predicted molar refractivity (Wildman–Crippen MR) is 80.2 cm³/mol. The molecule has 0 bridgehead atoms. The van der Waals surface area contributed by atoms with Crippen molar-refractivity contribution in [1.29, 1.82) is 0 Å². The minimum absolute atomic E-state index is 0. The molecule has 0 aliphatic carbocycles. The second-order valence-electron chi connectivity index (χ2n) is 4.89. The van der Waals surface area contributed by atoms with Crippen LogP contribution in [0.25, 0.3) is 5.65 Å². The molecule has 1 aliphatic rings. The maximum absolute atomic E-state index is 11.8. The zero-order valence-electron chi connectivity index (χ0n) is 11.2. The number of rotatable bonds is 4. The van der Waals surface area contributed by atoms with Crippen molar-refractivity contribution in [2.24, 2.45) is 0 Å². The number of hydrogen-bond acceptors (Lipinski definition) is 3. The standard InChI is InChI=1S/C14H18N4O.ClH/c19-14(12-4-3-7-15-12)16-8-6-11-10-18-9-2-1-5-13(18)17-11;/h1-2,5,9-10,12,15H,3-4,6-8H2,(H,16,19);1H. The van der Waals surface area contributed by atoms with E-state index in [0.29, 0.717) is 6.54 Å². The Kier molecular flexibility index (Phi) is 4.98. The Morgan fingerprint density at radius 1 is 1.50 bits per heavy atom. The number of carbonyl (C=O) groups excluding carboxylic acids is 1. The third kappa shape index (κ3) is 3.29. The van der Waals surface area contributed by atoms with E-state index in [1.165, 1.54) is 0 Å². The molecule has 0 aromatic carbocycles. The first kappa shape index (κ1) is 14.8. The lowest BCUT2D eigenvalue weighted by Gasteiger charge is -2.10. The lowest BCUT2D eigenvalue weighted by molar-refractivity contribution is -0.122. The molecule has 1 atom stereocenters. The van der Waals surface area contributed by atoms with Gasteiger partial charge in [0.2, 0.25) is 5.91 Å². The van der Waals surface area contributed by atoms with Crippen molar-refractivity contribution in [3.8, 4) is 0 Å². The molecule has 0 saturated carbocycles. The monoisotopic (exact) mass is 294 g/mol. The van der Waals surface area contributed by atoms with Gasteiger partial charge in [0.05, 0.1) is 11.7 Å². The average Bonchev–Trinajstić information content (AvgIpc) is 3.07. The molecule has 1 unspecified atom stereocenters. The van der Waals surface area contributed by atoms with Crippen LogP contribution in [0.4, 0.5) is 0 Å². The first-order chi connectivity index (χ1) is 9.33. The van der Waals surface area contributed by atoms with Gasteiger partial charge in [-0.3, -0.25) is 4.79 Å². The lowest BCUT2D eigenvalue weighted by atomic mass is 10.2. The summed E-state index contributed by atoms with van der Waals surface area (Å²) in [5, 5.41) is 6.16. The van der Waals surface area contributed by atoms with Crippen molar-refractivity contribution >= 4 is 24.0 Å². The maximum Gasteiger partial charge on any atom is 0.237 e. The van der Waals surface area contributed by atoms with Crippen LogP contribution in [0.2, 0.25) is 0 Å². The first-order valence-electron chi connectivity index (χ1n) is 6.76. The summed E-state index contributed by atoms with van der Waals surface area (Å²) in [7, 11) is 0. The van der Waals surface area contributed by atoms with E-state index in [2.05, 4.69) is 15.6 Å². The van der Waals surface area contributed by atoms with Crippen LogP contribution in [-0.4, -0.2) is 34.4 Å². The minimum atomic E-state index is 0. The summed E-state index contributed by atoms with van der Waals surface area (Å²) in [5.41, 5.74) is 1.95. The number of fused-ring (bicyclic) bond motifs is 1. The second-order valence-corrected chi connectivity index (χ2v) is 4.89. The van der Waals surface area contributed by atoms with E-state index in [1.807, 2.05) is 35.0 Å². The number of pyridine rings is 1. The van der Waals surface area contributed by atoms with Gasteiger partial charge in [-0.2, -0.15) is 0 Å². The van der Waals surface area contributed by atoms with Crippen molar-refractivity contribution in [3.63, 3.8) is 0 Å². The van der Waals surface area contributed by atoms with Crippen LogP contribution in [0.15, 0.2) is 30.6 Å². The van der Waals surface area contributed by atoms with E-state index < -0.39 is 0 Å². The summed E-state index contributed by atoms with van der Waals surface area (Å²) >= 11 is 0. The SMILES string of the molecule is Cl.O=C(NCCc1cn2ccccc2n1)C1CCCN1. The minimum Gasteiger partial charge on any atom is -0.354 e. The highest BCUT2D eigenvalue weighted by Crippen LogP contribution is 2.06. The molecule has 6 heteroatoms. The molecule has 1 aliphatic heterocycles. The number of nitrogens with zero attached hydrogens (tertiary/aromatic N) is 2. The molecule has 5 nitrogen and oxygen atoms in total. The molecule has 1 fully saturated rings. The lowest BCUT2D eigenvalue weighted by Crippen LogP contribution is -2.41. The highest BCUT2D eigenvalue weighted by atomic mass is 35.5. The van der Waals surface area contributed by atoms with E-state index >= 15 is 0 Å². The van der Waals surface area contributed by atoms with Crippen LogP contribution in [0.5, 0.6) is 0 Å². The molecule has 3 rings (SSSR count). The van der Waals surface area contributed by atoms with E-state index in [4.69, 9.17) is 0 Å². The van der Waals surface area contributed by atoms with Crippen molar-refractivity contribution in [1.82, 2.24) is 20.0 Å². The van der Waals surface area contributed by atoms with E-state index in [9.17, 15) is 4.79 Å². The molecule has 0 spiro atoms. The number of aromatic nitrogens is 2. The number of amides is 1. The predicted octanol–water partition coefficient (Wildman–Crippen LogP) is 1.17. The molecule has 2 N–H and O–H groups in total. The quantitative estimate of drug-likeness (QED) is 0.890. The maximum atomic E-state index is 11.8. The van der Waals surface area contributed by atoms with Gasteiger partial charge in [-0.05, 0) is 31.5 Å². The van der Waals surface area contributed by atoms with Crippen molar-refractivity contribution in [2.75, 3.05) is 13.1 Å². The Hall–Kier alpha value is -1.59. The normalized spacial score (nSPS) is 17.9. The van der Waals surface area contributed by atoms with E-state index in [0.717, 1.165) is 37.1 Å². The van der Waals surface area contributed by atoms with Crippen LogP contribution < -0.4 is 10.6 Å². The van der Waals surface area contributed by atoms with Crippen molar-refractivity contribution in [3.05, 3.63) is 36.3 Å². The first-order valence-corrected chi connectivity index (χ1v) is 6.76. The topological polar surface area (TPSA) is 58.4 Å². The summed E-state index contributed by atoms with van der Waals surface area (Å²) in [6.07, 6.45) is 6.78. The zero-order chi connectivity index (χ0) is 13.1. The van der Waals surface area contributed by atoms with Crippen LogP contribution in [0, 0.1) is 0 Å². The highest BCUT2D eigenvalue weighted by Gasteiger charge is 2.21. The number of nitrogens with one attached hydrogen (secondary N) is 2. The van der Waals surface area contributed by atoms with Gasteiger partial charge in [0, 0.05) is 25.4 Å². The fraction of sp³-hybridized carbons (Fsp3) is 0.429. The Bertz CT molecular complexity index is 544. The summed E-state index contributed by atoms with van der Waals surface area (Å²) in [4.78, 5) is 16.3. The number of carbonyl (C=O) groups is 1. The van der Waals surface area contributed by atoms with Gasteiger partial charge in [-0.15, -0.1) is 12.4 Å². The van der Waals surface area contributed by atoms with Gasteiger partial charge in [-0.1, -0.05) is 6.07 Å². The van der Waals surface area contributed by atoms with E-state index in [-0.39, 0.29) is 24.4 Å². The van der Waals surface area contributed by atoms with Crippen molar-refractivity contribution < 1.29 is 4.79 Å². The molecule has 20 heavy (non-hydrogen) atoms. The van der Waals surface area contributed by atoms with Crippen molar-refractivity contribution in [2.45, 2.75) is 25.3 Å². The number of halogens is 1. The molecule has 1 saturated heterocycles. The fourth-order valence-electron chi connectivity index (χ4n) is 2.45. The van der Waals surface area contributed by atoms with Crippen LogP contribution >= 0.6 is 12.4 Å². The van der Waals surface area contributed by atoms with Gasteiger partial charge in [-0.25, -0.2) is 4.98 Å². The molecule has 2 aromatic heterocycles. The summed E-state index contributed by atoms with van der Waals surface area (Å²) in [6, 6.07) is 5.93. The van der Waals surface area contributed by atoms with Gasteiger partial charge in [0.25, 0.3) is 0 Å². The molecule has 108 valence electrons. The third-order valence-corrected chi connectivity index (χ3v) is 3.47. The van der Waals surface area contributed by atoms with Gasteiger partial charge >= 0.3 is 0 Å². The number of hydrogen-bond donors (Lipinski definition) is 2. The van der Waals surface area contributed by atoms with E-state index in [1.54, 1.807) is 0 Å². The number of imidazole rings is 1. The molecular weight excluding hydrogens is 276 g/mol. The molecule has 0 radical (unpaired) electrons. The zero-order valence-corrected chi connectivity index (χ0v) is 12.0. The second kappa shape index (κ2) is 6.72. The molecule has 2 aromatic rings. The smallest absolute Gasteiger partial charge is 0.237 e. The Morgan fingerprint density at radius 2 is 2.40 bits per heavy atom. The molecule has 3 heterocycles. The third-order valence-electron chi connectivity index (χ3n) is 3.47.